The Balaban J connectivity index is 2.34. The molecule has 30 heavy (non-hydrogen) atoms. The second-order valence-corrected chi connectivity index (χ2v) is 8.89. The Kier molecular flexibility index (Phi) is 8.83. The number of amides is 1. The number of rotatable bonds is 11. The first-order chi connectivity index (χ1) is 14.3. The first kappa shape index (κ1) is 23.9. The fraction of sp³-hybridized carbons (Fsp3) is 0.409. The summed E-state index contributed by atoms with van der Waals surface area (Å²) in [5, 5.41) is 2.71. The van der Waals surface area contributed by atoms with Gasteiger partial charge in [0.1, 0.15) is 16.7 Å². The van der Waals surface area contributed by atoms with Crippen LogP contribution in [-0.4, -0.2) is 47.7 Å². The van der Waals surface area contributed by atoms with Crippen LogP contribution in [0.25, 0.3) is 0 Å². The molecule has 2 rings (SSSR count). The van der Waals surface area contributed by atoms with Crippen molar-refractivity contribution < 1.29 is 22.7 Å². The summed E-state index contributed by atoms with van der Waals surface area (Å²) in [4.78, 5) is 12.7. The fourth-order valence-electron chi connectivity index (χ4n) is 2.95. The van der Waals surface area contributed by atoms with Gasteiger partial charge in [-0.2, -0.15) is 4.72 Å². The van der Waals surface area contributed by atoms with Gasteiger partial charge in [0, 0.05) is 13.7 Å². The molecular formula is C22H30N2O5S. The molecule has 8 heteroatoms. The lowest BCUT2D eigenvalue weighted by molar-refractivity contribution is -0.122. The number of benzene rings is 2. The summed E-state index contributed by atoms with van der Waals surface area (Å²) in [6.07, 6.45) is 0.213. The zero-order valence-electron chi connectivity index (χ0n) is 17.8. The summed E-state index contributed by atoms with van der Waals surface area (Å²) >= 11 is 0. The Morgan fingerprint density at radius 1 is 1.07 bits per heavy atom. The summed E-state index contributed by atoms with van der Waals surface area (Å²) in [5.74, 6) is -0.0501. The minimum absolute atomic E-state index is 0.0129. The van der Waals surface area contributed by atoms with Gasteiger partial charge in [-0.1, -0.05) is 50.2 Å². The van der Waals surface area contributed by atoms with Gasteiger partial charge in [-0.3, -0.25) is 4.79 Å². The van der Waals surface area contributed by atoms with Crippen LogP contribution < -0.4 is 14.8 Å². The van der Waals surface area contributed by atoms with E-state index in [1.165, 1.54) is 14.2 Å². The highest BCUT2D eigenvalue weighted by molar-refractivity contribution is 7.89. The Morgan fingerprint density at radius 3 is 2.37 bits per heavy atom. The standard InChI is InChI=1S/C22H30N2O5S/c1-16(2)18-10-11-20(29-4)21(15-18)30(26,27)24-19(22(25)23-12-13-28-3)14-17-8-6-5-7-9-17/h5-11,15-16,19,24H,12-14H2,1-4H3,(H,23,25). The molecule has 0 aliphatic carbocycles. The lowest BCUT2D eigenvalue weighted by atomic mass is 10.0. The van der Waals surface area contributed by atoms with Gasteiger partial charge < -0.3 is 14.8 Å². The molecule has 1 amide bonds. The van der Waals surface area contributed by atoms with Crippen molar-refractivity contribution in [2.75, 3.05) is 27.4 Å². The van der Waals surface area contributed by atoms with E-state index in [0.717, 1.165) is 11.1 Å². The molecule has 0 fully saturated rings. The Bertz CT molecular complexity index is 930. The predicted octanol–water partition coefficient (Wildman–Crippen LogP) is 2.47. The monoisotopic (exact) mass is 434 g/mol. The highest BCUT2D eigenvalue weighted by atomic mass is 32.2. The molecule has 0 spiro atoms. The van der Waals surface area contributed by atoms with Gasteiger partial charge in [-0.05, 0) is 35.6 Å². The number of nitrogens with one attached hydrogen (secondary N) is 2. The van der Waals surface area contributed by atoms with E-state index in [-0.39, 0.29) is 29.5 Å². The van der Waals surface area contributed by atoms with E-state index in [4.69, 9.17) is 9.47 Å². The molecule has 2 aromatic carbocycles. The molecular weight excluding hydrogens is 404 g/mol. The van der Waals surface area contributed by atoms with Crippen LogP contribution in [0.1, 0.15) is 30.9 Å². The number of methoxy groups -OCH3 is 2. The molecule has 0 aliphatic heterocycles. The third-order valence-corrected chi connectivity index (χ3v) is 6.14. The Hall–Kier alpha value is -2.42. The molecule has 2 aromatic rings. The summed E-state index contributed by atoms with van der Waals surface area (Å²) < 4.78 is 39.2. The lowest BCUT2D eigenvalue weighted by Crippen LogP contribution is -2.48. The van der Waals surface area contributed by atoms with E-state index >= 15 is 0 Å². The SMILES string of the molecule is COCCNC(=O)C(Cc1ccccc1)NS(=O)(=O)c1cc(C(C)C)ccc1OC. The molecule has 0 heterocycles. The molecule has 7 nitrogen and oxygen atoms in total. The molecule has 0 aliphatic rings. The van der Waals surface area contributed by atoms with E-state index in [2.05, 4.69) is 10.0 Å². The summed E-state index contributed by atoms with van der Waals surface area (Å²) in [7, 11) is -1.07. The van der Waals surface area contributed by atoms with Gasteiger partial charge in [-0.25, -0.2) is 8.42 Å². The van der Waals surface area contributed by atoms with Crippen LogP contribution in [0.2, 0.25) is 0 Å². The molecule has 0 aromatic heterocycles. The van der Waals surface area contributed by atoms with Crippen molar-refractivity contribution in [3.8, 4) is 5.75 Å². The average molecular weight is 435 g/mol. The Labute approximate surface area is 178 Å². The van der Waals surface area contributed by atoms with Crippen LogP contribution >= 0.6 is 0 Å². The second-order valence-electron chi connectivity index (χ2n) is 7.21. The molecule has 2 N–H and O–H groups in total. The zero-order valence-corrected chi connectivity index (χ0v) is 18.7. The van der Waals surface area contributed by atoms with E-state index in [1.807, 2.05) is 50.2 Å². The van der Waals surface area contributed by atoms with E-state index in [1.54, 1.807) is 12.1 Å². The number of ether oxygens (including phenoxy) is 2. The first-order valence-electron chi connectivity index (χ1n) is 9.79. The predicted molar refractivity (Wildman–Crippen MR) is 116 cm³/mol. The van der Waals surface area contributed by atoms with Crippen molar-refractivity contribution in [3.05, 3.63) is 59.7 Å². The van der Waals surface area contributed by atoms with Crippen molar-refractivity contribution in [1.82, 2.24) is 10.0 Å². The quantitative estimate of drug-likeness (QED) is 0.530. The highest BCUT2D eigenvalue weighted by Gasteiger charge is 2.28. The maximum Gasteiger partial charge on any atom is 0.245 e. The number of hydrogen-bond acceptors (Lipinski definition) is 5. The number of carbonyl (C=O) groups excluding carboxylic acids is 1. The first-order valence-corrected chi connectivity index (χ1v) is 11.3. The van der Waals surface area contributed by atoms with Crippen LogP contribution in [0.4, 0.5) is 0 Å². The zero-order chi connectivity index (χ0) is 22.1. The minimum Gasteiger partial charge on any atom is -0.495 e. The largest absolute Gasteiger partial charge is 0.495 e. The van der Waals surface area contributed by atoms with Crippen molar-refractivity contribution in [3.63, 3.8) is 0 Å². The molecule has 1 unspecified atom stereocenters. The topological polar surface area (TPSA) is 93.7 Å². The van der Waals surface area contributed by atoms with Gasteiger partial charge in [0.05, 0.1) is 13.7 Å². The van der Waals surface area contributed by atoms with Crippen molar-refractivity contribution >= 4 is 15.9 Å². The normalized spacial score (nSPS) is 12.6. The van der Waals surface area contributed by atoms with E-state index in [9.17, 15) is 13.2 Å². The van der Waals surface area contributed by atoms with Crippen molar-refractivity contribution in [1.29, 1.82) is 0 Å². The van der Waals surface area contributed by atoms with Crippen molar-refractivity contribution in [2.24, 2.45) is 0 Å². The van der Waals surface area contributed by atoms with Crippen molar-refractivity contribution in [2.45, 2.75) is 37.1 Å². The number of hydrogen-bond donors (Lipinski definition) is 2. The third-order valence-electron chi connectivity index (χ3n) is 4.65. The molecule has 0 saturated carbocycles. The highest BCUT2D eigenvalue weighted by Crippen LogP contribution is 2.28. The summed E-state index contributed by atoms with van der Waals surface area (Å²) in [6.45, 7) is 4.58. The Morgan fingerprint density at radius 2 is 1.77 bits per heavy atom. The van der Waals surface area contributed by atoms with Crippen LogP contribution in [0, 0.1) is 0 Å². The van der Waals surface area contributed by atoms with Gasteiger partial charge in [0.15, 0.2) is 0 Å². The fourth-order valence-corrected chi connectivity index (χ4v) is 4.35. The van der Waals surface area contributed by atoms with Gasteiger partial charge in [0.25, 0.3) is 0 Å². The average Bonchev–Trinajstić information content (AvgIpc) is 2.73. The molecule has 0 bridgehead atoms. The summed E-state index contributed by atoms with van der Waals surface area (Å²) in [6, 6.07) is 13.3. The van der Waals surface area contributed by atoms with Crippen LogP contribution in [-0.2, 0) is 26.0 Å². The van der Waals surface area contributed by atoms with Crippen LogP contribution in [0.5, 0.6) is 5.75 Å². The lowest BCUT2D eigenvalue weighted by Gasteiger charge is -2.20. The molecule has 1 atom stereocenters. The van der Waals surface area contributed by atoms with E-state index in [0.29, 0.717) is 6.61 Å². The smallest absolute Gasteiger partial charge is 0.245 e. The maximum atomic E-state index is 13.2. The van der Waals surface area contributed by atoms with Gasteiger partial charge in [0.2, 0.25) is 15.9 Å². The molecule has 0 saturated heterocycles. The van der Waals surface area contributed by atoms with Crippen LogP contribution in [0.3, 0.4) is 0 Å². The van der Waals surface area contributed by atoms with Gasteiger partial charge in [-0.15, -0.1) is 0 Å². The molecule has 164 valence electrons. The number of carbonyl (C=O) groups is 1. The third kappa shape index (κ3) is 6.55. The van der Waals surface area contributed by atoms with Gasteiger partial charge >= 0.3 is 0 Å². The van der Waals surface area contributed by atoms with E-state index < -0.39 is 22.0 Å². The second kappa shape index (κ2) is 11.1. The summed E-state index contributed by atoms with van der Waals surface area (Å²) in [5.41, 5.74) is 1.70. The minimum atomic E-state index is -4.02. The molecule has 0 radical (unpaired) electrons. The number of sulfonamides is 1. The van der Waals surface area contributed by atoms with Crippen LogP contribution in [0.15, 0.2) is 53.4 Å². The maximum absolute atomic E-state index is 13.2.